The highest BCUT2D eigenvalue weighted by Crippen LogP contribution is 2.30. The van der Waals surface area contributed by atoms with Crippen LogP contribution in [0.1, 0.15) is 25.3 Å². The maximum atomic E-state index is 11.2. The minimum absolute atomic E-state index is 0.110. The average Bonchev–Trinajstić information content (AvgIpc) is 3.18. The highest BCUT2D eigenvalue weighted by molar-refractivity contribution is 6.53. The molecule has 0 atom stereocenters. The number of hydrogen-bond acceptors (Lipinski definition) is 6. The van der Waals surface area contributed by atoms with Gasteiger partial charge in [0.05, 0.1) is 5.70 Å². The Bertz CT molecular complexity index is 888. The van der Waals surface area contributed by atoms with E-state index in [0.29, 0.717) is 5.92 Å². The molecule has 3 aliphatic rings. The van der Waals surface area contributed by atoms with Gasteiger partial charge in [-0.25, -0.2) is 0 Å². The van der Waals surface area contributed by atoms with Crippen LogP contribution < -0.4 is 5.32 Å². The third-order valence-corrected chi connectivity index (χ3v) is 5.76. The van der Waals surface area contributed by atoms with Gasteiger partial charge in [0.1, 0.15) is 11.4 Å². The van der Waals surface area contributed by atoms with E-state index in [1.807, 2.05) is 30.3 Å². The zero-order valence-electron chi connectivity index (χ0n) is 16.7. The molecule has 0 unspecified atom stereocenters. The standard InChI is InChI=1S/C22H27N5O2/c1-15(28)24-19-6-4-17(5-7-19)18-10-20(25-29)22(23)21(11-18)27-13-16(14-27)12-26-8-2-3-9-26/h4-7,10-11,16,23,29H,2-3,8-9,12-14H2,1H3,(H,24,28)/b23-22?,25-20-. The number of likely N-dealkylation sites (tertiary alicyclic amines) is 2. The molecule has 2 heterocycles. The second kappa shape index (κ2) is 8.21. The van der Waals surface area contributed by atoms with Gasteiger partial charge in [-0.2, -0.15) is 0 Å². The molecule has 0 spiro atoms. The zero-order chi connectivity index (χ0) is 20.4. The Morgan fingerprint density at radius 1 is 1.21 bits per heavy atom. The van der Waals surface area contributed by atoms with Crippen molar-refractivity contribution < 1.29 is 10.0 Å². The minimum atomic E-state index is -0.110. The van der Waals surface area contributed by atoms with Crippen LogP contribution in [0.15, 0.2) is 47.3 Å². The first-order valence-corrected chi connectivity index (χ1v) is 10.1. The van der Waals surface area contributed by atoms with Gasteiger partial charge in [-0.15, -0.1) is 0 Å². The summed E-state index contributed by atoms with van der Waals surface area (Å²) in [5.41, 5.74) is 3.90. The first kappa shape index (κ1) is 19.4. The first-order chi connectivity index (χ1) is 14.0. The number of carbonyl (C=O) groups excluding carboxylic acids is 1. The number of hydrogen-bond donors (Lipinski definition) is 3. The Balaban J connectivity index is 1.48. The number of anilines is 1. The summed E-state index contributed by atoms with van der Waals surface area (Å²) in [4.78, 5) is 15.9. The van der Waals surface area contributed by atoms with Crippen molar-refractivity contribution in [2.75, 3.05) is 38.0 Å². The number of oxime groups is 1. The number of rotatable bonds is 5. The summed E-state index contributed by atoms with van der Waals surface area (Å²) in [6.07, 6.45) is 6.33. The molecule has 2 aliphatic heterocycles. The summed E-state index contributed by atoms with van der Waals surface area (Å²) in [6.45, 7) is 6.88. The predicted octanol–water partition coefficient (Wildman–Crippen LogP) is 2.80. The summed E-state index contributed by atoms with van der Waals surface area (Å²) >= 11 is 0. The van der Waals surface area contributed by atoms with Crippen molar-refractivity contribution in [3.63, 3.8) is 0 Å². The van der Waals surface area contributed by atoms with E-state index in [-0.39, 0.29) is 17.3 Å². The van der Waals surface area contributed by atoms with Crippen molar-refractivity contribution in [1.82, 2.24) is 9.80 Å². The van der Waals surface area contributed by atoms with Gasteiger partial charge in [-0.1, -0.05) is 17.3 Å². The fraction of sp³-hybridized carbons (Fsp3) is 0.409. The molecular weight excluding hydrogens is 366 g/mol. The number of benzene rings is 1. The lowest BCUT2D eigenvalue weighted by atomic mass is 9.91. The molecule has 4 rings (SSSR count). The molecule has 1 aromatic rings. The number of nitrogens with zero attached hydrogens (tertiary/aromatic N) is 3. The first-order valence-electron chi connectivity index (χ1n) is 10.1. The fourth-order valence-corrected chi connectivity index (χ4v) is 4.27. The topological polar surface area (TPSA) is 92.0 Å². The van der Waals surface area contributed by atoms with Crippen LogP contribution in [0.4, 0.5) is 5.69 Å². The van der Waals surface area contributed by atoms with Crippen LogP contribution >= 0.6 is 0 Å². The third-order valence-electron chi connectivity index (χ3n) is 5.76. The molecule has 3 N–H and O–H groups in total. The van der Waals surface area contributed by atoms with E-state index in [1.165, 1.54) is 32.9 Å². The summed E-state index contributed by atoms with van der Waals surface area (Å²) in [5.74, 6) is 0.517. The van der Waals surface area contributed by atoms with Crippen molar-refractivity contribution in [2.45, 2.75) is 19.8 Å². The van der Waals surface area contributed by atoms with E-state index in [1.54, 1.807) is 6.08 Å². The molecule has 2 saturated heterocycles. The molecule has 29 heavy (non-hydrogen) atoms. The van der Waals surface area contributed by atoms with E-state index in [4.69, 9.17) is 5.41 Å². The van der Waals surface area contributed by atoms with Crippen LogP contribution in [0.25, 0.3) is 5.57 Å². The van der Waals surface area contributed by atoms with Gasteiger partial charge < -0.3 is 20.3 Å². The van der Waals surface area contributed by atoms with Gasteiger partial charge in [0, 0.05) is 38.2 Å². The van der Waals surface area contributed by atoms with Crippen LogP contribution in [0, 0.1) is 11.3 Å². The SMILES string of the molecule is CC(=O)Nc1ccc(C2=C/C(=N/O)C(=N)C(N3CC(CN4CCCC4)C3)=C2)cc1. The molecule has 0 bridgehead atoms. The summed E-state index contributed by atoms with van der Waals surface area (Å²) in [5, 5.41) is 23.9. The molecule has 0 saturated carbocycles. The number of nitrogens with one attached hydrogen (secondary N) is 2. The predicted molar refractivity (Wildman–Crippen MR) is 114 cm³/mol. The maximum Gasteiger partial charge on any atom is 0.221 e. The van der Waals surface area contributed by atoms with Crippen LogP contribution in [-0.2, 0) is 4.79 Å². The van der Waals surface area contributed by atoms with Gasteiger partial charge >= 0.3 is 0 Å². The highest BCUT2D eigenvalue weighted by atomic mass is 16.4. The molecule has 152 valence electrons. The Morgan fingerprint density at radius 2 is 1.90 bits per heavy atom. The van der Waals surface area contributed by atoms with Gasteiger partial charge in [-0.3, -0.25) is 10.2 Å². The fourth-order valence-electron chi connectivity index (χ4n) is 4.27. The van der Waals surface area contributed by atoms with Crippen molar-refractivity contribution in [3.05, 3.63) is 47.7 Å². The van der Waals surface area contributed by atoms with E-state index in [0.717, 1.165) is 42.2 Å². The van der Waals surface area contributed by atoms with Crippen LogP contribution in [0.5, 0.6) is 0 Å². The lowest BCUT2D eigenvalue weighted by molar-refractivity contribution is -0.114. The quantitative estimate of drug-likeness (QED) is 0.407. The van der Waals surface area contributed by atoms with Crippen LogP contribution in [-0.4, -0.2) is 65.1 Å². The molecule has 0 radical (unpaired) electrons. The van der Waals surface area contributed by atoms with Crippen molar-refractivity contribution >= 4 is 28.6 Å². The number of allylic oxidation sites excluding steroid dienone is 4. The maximum absolute atomic E-state index is 11.2. The zero-order valence-corrected chi connectivity index (χ0v) is 16.7. The summed E-state index contributed by atoms with van der Waals surface area (Å²) < 4.78 is 0. The van der Waals surface area contributed by atoms with Gasteiger partial charge in [0.25, 0.3) is 0 Å². The second-order valence-electron chi connectivity index (χ2n) is 8.03. The number of carbonyl (C=O) groups is 1. The molecule has 1 aliphatic carbocycles. The molecule has 0 aromatic heterocycles. The molecule has 1 amide bonds. The van der Waals surface area contributed by atoms with Crippen LogP contribution in [0.2, 0.25) is 0 Å². The van der Waals surface area contributed by atoms with Gasteiger partial charge in [0.15, 0.2) is 0 Å². The van der Waals surface area contributed by atoms with E-state index in [2.05, 4.69) is 20.3 Å². The Hall–Kier alpha value is -2.93. The van der Waals surface area contributed by atoms with E-state index in [9.17, 15) is 10.0 Å². The average molecular weight is 393 g/mol. The summed E-state index contributed by atoms with van der Waals surface area (Å²) in [6, 6.07) is 7.52. The molecular formula is C22H27N5O2. The van der Waals surface area contributed by atoms with Gasteiger partial charge in [-0.05, 0) is 61.4 Å². The Kier molecular flexibility index (Phi) is 5.49. The van der Waals surface area contributed by atoms with Crippen molar-refractivity contribution in [3.8, 4) is 0 Å². The largest absolute Gasteiger partial charge is 0.410 e. The molecule has 1 aromatic carbocycles. The van der Waals surface area contributed by atoms with E-state index < -0.39 is 0 Å². The second-order valence-corrected chi connectivity index (χ2v) is 8.03. The minimum Gasteiger partial charge on any atom is -0.410 e. The van der Waals surface area contributed by atoms with Crippen molar-refractivity contribution in [2.24, 2.45) is 11.1 Å². The number of amides is 1. The van der Waals surface area contributed by atoms with E-state index >= 15 is 0 Å². The highest BCUT2D eigenvalue weighted by Gasteiger charge is 2.34. The molecule has 7 nitrogen and oxygen atoms in total. The van der Waals surface area contributed by atoms with Crippen molar-refractivity contribution in [1.29, 1.82) is 5.41 Å². The lowest BCUT2D eigenvalue weighted by Crippen LogP contribution is -2.52. The summed E-state index contributed by atoms with van der Waals surface area (Å²) in [7, 11) is 0. The lowest BCUT2D eigenvalue weighted by Gasteiger charge is -2.44. The van der Waals surface area contributed by atoms with Crippen LogP contribution in [0.3, 0.4) is 0 Å². The third kappa shape index (κ3) is 4.24. The normalized spacial score (nSPS) is 21.8. The molecule has 7 heteroatoms. The Labute approximate surface area is 170 Å². The monoisotopic (exact) mass is 393 g/mol. The molecule has 2 fully saturated rings. The Morgan fingerprint density at radius 3 is 2.52 bits per heavy atom. The smallest absolute Gasteiger partial charge is 0.221 e. The van der Waals surface area contributed by atoms with Gasteiger partial charge in [0.2, 0.25) is 5.91 Å².